The highest BCUT2D eigenvalue weighted by molar-refractivity contribution is 6.07. The smallest absolute Gasteiger partial charge is 0.267 e. The number of anilines is 1. The van der Waals surface area contributed by atoms with Crippen molar-refractivity contribution in [1.29, 1.82) is 10.5 Å². The molecule has 0 saturated carbocycles. The van der Waals surface area contributed by atoms with Gasteiger partial charge in [0.25, 0.3) is 5.91 Å². The molecule has 0 spiro atoms. The molecule has 0 aliphatic heterocycles. The van der Waals surface area contributed by atoms with Gasteiger partial charge in [0.1, 0.15) is 17.7 Å². The Morgan fingerprint density at radius 3 is 2.81 bits per heavy atom. The normalized spacial score (nSPS) is 10.3. The first-order valence-electron chi connectivity index (χ1n) is 6.36. The Labute approximate surface area is 123 Å². The second-order valence-corrected chi connectivity index (χ2v) is 4.08. The molecule has 0 radical (unpaired) electrons. The third kappa shape index (κ3) is 5.35. The molecule has 0 unspecified atom stereocenters. The van der Waals surface area contributed by atoms with Crippen molar-refractivity contribution in [2.24, 2.45) is 0 Å². The Morgan fingerprint density at radius 1 is 1.38 bits per heavy atom. The molecule has 0 heterocycles. The van der Waals surface area contributed by atoms with Gasteiger partial charge in [0.05, 0.1) is 11.3 Å². The van der Waals surface area contributed by atoms with Gasteiger partial charge in [0, 0.05) is 26.5 Å². The molecule has 0 bridgehead atoms. The monoisotopic (exact) mass is 284 g/mol. The van der Waals surface area contributed by atoms with Crippen molar-refractivity contribution >= 4 is 11.6 Å². The Kier molecular flexibility index (Phi) is 7.06. The van der Waals surface area contributed by atoms with Gasteiger partial charge >= 0.3 is 0 Å². The first-order chi connectivity index (χ1) is 10.2. The third-order valence-electron chi connectivity index (χ3n) is 2.58. The predicted octanol–water partition coefficient (Wildman–Crippen LogP) is 1.53. The molecular formula is C15H16N4O2. The van der Waals surface area contributed by atoms with E-state index in [-0.39, 0.29) is 5.57 Å². The number of hydrogen-bond acceptors (Lipinski definition) is 5. The average molecular weight is 284 g/mol. The van der Waals surface area contributed by atoms with Crippen LogP contribution in [0.2, 0.25) is 0 Å². The topological polar surface area (TPSA) is 97.9 Å². The zero-order valence-corrected chi connectivity index (χ0v) is 11.7. The molecule has 1 aromatic carbocycles. The number of nitrogens with zero attached hydrogens (tertiary/aromatic N) is 2. The maximum Gasteiger partial charge on any atom is 0.267 e. The van der Waals surface area contributed by atoms with E-state index in [0.29, 0.717) is 24.4 Å². The van der Waals surface area contributed by atoms with E-state index in [9.17, 15) is 4.79 Å². The van der Waals surface area contributed by atoms with Crippen LogP contribution in [0.5, 0.6) is 0 Å². The first-order valence-corrected chi connectivity index (χ1v) is 6.36. The van der Waals surface area contributed by atoms with Crippen LogP contribution in [0.4, 0.5) is 5.69 Å². The van der Waals surface area contributed by atoms with E-state index in [1.807, 2.05) is 12.1 Å². The molecule has 0 saturated heterocycles. The number of amides is 1. The Bertz CT molecular complexity index is 596. The van der Waals surface area contributed by atoms with E-state index < -0.39 is 5.91 Å². The van der Waals surface area contributed by atoms with Gasteiger partial charge in [-0.2, -0.15) is 10.5 Å². The summed E-state index contributed by atoms with van der Waals surface area (Å²) < 4.78 is 4.89. The second kappa shape index (κ2) is 9.13. The Morgan fingerprint density at radius 2 is 2.14 bits per heavy atom. The quantitative estimate of drug-likeness (QED) is 0.449. The van der Waals surface area contributed by atoms with Crippen LogP contribution < -0.4 is 10.6 Å². The molecule has 21 heavy (non-hydrogen) atoms. The molecule has 0 aromatic heterocycles. The van der Waals surface area contributed by atoms with Crippen LogP contribution >= 0.6 is 0 Å². The third-order valence-corrected chi connectivity index (χ3v) is 2.58. The lowest BCUT2D eigenvalue weighted by molar-refractivity contribution is -0.112. The van der Waals surface area contributed by atoms with E-state index >= 15 is 0 Å². The first kappa shape index (κ1) is 16.2. The van der Waals surface area contributed by atoms with Gasteiger partial charge in [-0.25, -0.2) is 0 Å². The van der Waals surface area contributed by atoms with Crippen molar-refractivity contribution in [2.45, 2.75) is 6.42 Å². The molecular weight excluding hydrogens is 268 g/mol. The van der Waals surface area contributed by atoms with Crippen LogP contribution in [0, 0.1) is 22.7 Å². The maximum atomic E-state index is 12.0. The van der Waals surface area contributed by atoms with Crippen LogP contribution in [0.3, 0.4) is 0 Å². The van der Waals surface area contributed by atoms with Crippen molar-refractivity contribution in [1.82, 2.24) is 5.32 Å². The molecule has 1 rings (SSSR count). The number of benzene rings is 1. The van der Waals surface area contributed by atoms with Crippen LogP contribution in [0.15, 0.2) is 36.0 Å². The number of nitriles is 2. The van der Waals surface area contributed by atoms with Crippen molar-refractivity contribution in [3.63, 3.8) is 0 Å². The summed E-state index contributed by atoms with van der Waals surface area (Å²) >= 11 is 0. The van der Waals surface area contributed by atoms with Crippen molar-refractivity contribution in [2.75, 3.05) is 25.6 Å². The highest BCUT2D eigenvalue weighted by atomic mass is 16.5. The number of hydrogen-bond donors (Lipinski definition) is 2. The summed E-state index contributed by atoms with van der Waals surface area (Å²) in [5, 5.41) is 23.4. The van der Waals surface area contributed by atoms with E-state index in [1.54, 1.807) is 31.4 Å². The van der Waals surface area contributed by atoms with E-state index in [2.05, 4.69) is 10.6 Å². The van der Waals surface area contributed by atoms with Gasteiger partial charge in [-0.1, -0.05) is 12.1 Å². The number of methoxy groups -OCH3 is 1. The van der Waals surface area contributed by atoms with Crippen molar-refractivity contribution in [3.8, 4) is 12.1 Å². The average Bonchev–Trinajstić information content (AvgIpc) is 2.51. The van der Waals surface area contributed by atoms with Crippen LogP contribution in [-0.2, 0) is 9.53 Å². The summed E-state index contributed by atoms with van der Waals surface area (Å²) in [6, 6.07) is 10.4. The number of para-hydroxylation sites is 1. The van der Waals surface area contributed by atoms with Gasteiger partial charge in [-0.15, -0.1) is 0 Å². The molecule has 6 heteroatoms. The largest absolute Gasteiger partial charge is 0.390 e. The fourth-order valence-electron chi connectivity index (χ4n) is 1.52. The van der Waals surface area contributed by atoms with Crippen LogP contribution in [-0.4, -0.2) is 26.2 Å². The van der Waals surface area contributed by atoms with Gasteiger partial charge in [0.15, 0.2) is 0 Å². The fraction of sp³-hybridized carbons (Fsp3) is 0.267. The summed E-state index contributed by atoms with van der Waals surface area (Å²) in [6.07, 6.45) is 2.13. The van der Waals surface area contributed by atoms with Gasteiger partial charge in [0.2, 0.25) is 0 Å². The lowest BCUT2D eigenvalue weighted by Gasteiger charge is -2.06. The Hall–Kier alpha value is -2.83. The van der Waals surface area contributed by atoms with Crippen molar-refractivity contribution in [3.05, 3.63) is 41.6 Å². The molecule has 2 N–H and O–H groups in total. The molecule has 1 aromatic rings. The highest BCUT2D eigenvalue weighted by Gasteiger charge is 2.11. The molecule has 108 valence electrons. The second-order valence-electron chi connectivity index (χ2n) is 4.08. The van der Waals surface area contributed by atoms with Gasteiger partial charge < -0.3 is 15.4 Å². The molecule has 6 nitrogen and oxygen atoms in total. The lowest BCUT2D eigenvalue weighted by atomic mass is 10.2. The standard InChI is InChI=1S/C15H16N4O2/c1-21-8-4-7-18-11-13(10-17)15(20)19-14-6-3-2-5-12(14)9-16/h2-3,5-6,11,18H,4,7-8H2,1H3,(H,19,20)/b13-11-. The summed E-state index contributed by atoms with van der Waals surface area (Å²) in [5.41, 5.74) is 0.668. The SMILES string of the molecule is COCCCN/C=C(/C#N)C(=O)Nc1ccccc1C#N. The van der Waals surface area contributed by atoms with Gasteiger partial charge in [-0.3, -0.25) is 4.79 Å². The zero-order chi connectivity index (χ0) is 15.5. The summed E-state index contributed by atoms with van der Waals surface area (Å²) in [6.45, 7) is 1.20. The number of carbonyl (C=O) groups excluding carboxylic acids is 1. The van der Waals surface area contributed by atoms with Crippen molar-refractivity contribution < 1.29 is 9.53 Å². The fourth-order valence-corrected chi connectivity index (χ4v) is 1.52. The highest BCUT2D eigenvalue weighted by Crippen LogP contribution is 2.14. The Balaban J connectivity index is 2.66. The maximum absolute atomic E-state index is 12.0. The van der Waals surface area contributed by atoms with Gasteiger partial charge in [-0.05, 0) is 18.6 Å². The molecule has 0 fully saturated rings. The zero-order valence-electron chi connectivity index (χ0n) is 11.7. The lowest BCUT2D eigenvalue weighted by Crippen LogP contribution is -2.18. The van der Waals surface area contributed by atoms with E-state index in [4.69, 9.17) is 15.3 Å². The predicted molar refractivity (Wildman–Crippen MR) is 78.0 cm³/mol. The summed E-state index contributed by atoms with van der Waals surface area (Å²) in [4.78, 5) is 12.0. The number of rotatable bonds is 7. The number of nitrogens with one attached hydrogen (secondary N) is 2. The number of ether oxygens (including phenoxy) is 1. The number of carbonyl (C=O) groups is 1. The molecule has 1 amide bonds. The van der Waals surface area contributed by atoms with Crippen LogP contribution in [0.25, 0.3) is 0 Å². The molecule has 0 atom stereocenters. The van der Waals surface area contributed by atoms with E-state index in [0.717, 1.165) is 6.42 Å². The molecule has 0 aliphatic rings. The minimum absolute atomic E-state index is 0.0554. The minimum Gasteiger partial charge on any atom is -0.390 e. The summed E-state index contributed by atoms with van der Waals surface area (Å²) in [7, 11) is 1.61. The van der Waals surface area contributed by atoms with Crippen LogP contribution in [0.1, 0.15) is 12.0 Å². The summed E-state index contributed by atoms with van der Waals surface area (Å²) in [5.74, 6) is -0.556. The minimum atomic E-state index is -0.556. The van der Waals surface area contributed by atoms with E-state index in [1.165, 1.54) is 6.20 Å². The molecule has 0 aliphatic carbocycles.